The fourth-order valence-electron chi connectivity index (χ4n) is 0.331. The van der Waals surface area contributed by atoms with Gasteiger partial charge in [-0.2, -0.15) is 0 Å². The van der Waals surface area contributed by atoms with E-state index in [0.717, 1.165) is 12.2 Å². The normalized spacial score (nSPS) is 10.7. The summed E-state index contributed by atoms with van der Waals surface area (Å²) in [5, 5.41) is 17.6. The zero-order chi connectivity index (χ0) is 11.8. The Morgan fingerprint density at radius 2 is 1.47 bits per heavy atom. The molecule has 0 aliphatic carbocycles. The smallest absolute Gasteiger partial charge is 0.410 e. The molecule has 0 spiro atoms. The minimum atomic E-state index is -1.29. The molecule has 0 heterocycles. The second kappa shape index (κ2) is 6.08. The Morgan fingerprint density at radius 1 is 0.933 bits per heavy atom. The van der Waals surface area contributed by atoms with Gasteiger partial charge < -0.3 is 14.9 Å². The van der Waals surface area contributed by atoms with Gasteiger partial charge in [0.1, 0.15) is 0 Å². The SMILES string of the molecule is C=CC(=O)OO/C(O)=C(/O)OC(=O)C=C. The monoisotopic (exact) mass is 216 g/mol. The van der Waals surface area contributed by atoms with E-state index >= 15 is 0 Å². The highest BCUT2D eigenvalue weighted by molar-refractivity contribution is 5.82. The van der Waals surface area contributed by atoms with Gasteiger partial charge in [0.15, 0.2) is 0 Å². The molecular weight excluding hydrogens is 208 g/mol. The molecule has 0 rings (SSSR count). The minimum Gasteiger partial charge on any atom is -0.475 e. The fourth-order valence-corrected chi connectivity index (χ4v) is 0.331. The number of ether oxygens (including phenoxy) is 1. The van der Waals surface area contributed by atoms with Crippen molar-refractivity contribution in [3.05, 3.63) is 37.2 Å². The van der Waals surface area contributed by atoms with E-state index in [0.29, 0.717) is 0 Å². The Labute approximate surface area is 84.4 Å². The summed E-state index contributed by atoms with van der Waals surface area (Å²) in [6.07, 6.45) is 1.49. The molecule has 0 amide bonds. The summed E-state index contributed by atoms with van der Waals surface area (Å²) in [6.45, 7) is 6.06. The van der Waals surface area contributed by atoms with E-state index < -0.39 is 23.8 Å². The highest BCUT2D eigenvalue weighted by atomic mass is 17.2. The summed E-state index contributed by atoms with van der Waals surface area (Å²) in [4.78, 5) is 28.6. The van der Waals surface area contributed by atoms with Gasteiger partial charge in [-0.3, -0.25) is 0 Å². The molecule has 7 nitrogen and oxygen atoms in total. The van der Waals surface area contributed by atoms with Crippen molar-refractivity contribution in [2.75, 3.05) is 0 Å². The van der Waals surface area contributed by atoms with Gasteiger partial charge in [-0.05, 0) is 0 Å². The first kappa shape index (κ1) is 12.6. The van der Waals surface area contributed by atoms with E-state index in [1.165, 1.54) is 0 Å². The Hall–Kier alpha value is -2.44. The molecule has 0 saturated carbocycles. The zero-order valence-corrected chi connectivity index (χ0v) is 7.50. The number of hydrogen-bond donors (Lipinski definition) is 2. The first-order valence-electron chi connectivity index (χ1n) is 3.48. The highest BCUT2D eigenvalue weighted by Crippen LogP contribution is 2.03. The van der Waals surface area contributed by atoms with Crippen LogP contribution in [0.5, 0.6) is 0 Å². The average molecular weight is 216 g/mol. The topological polar surface area (TPSA) is 102 Å². The summed E-state index contributed by atoms with van der Waals surface area (Å²) >= 11 is 0. The maximum absolute atomic E-state index is 10.5. The van der Waals surface area contributed by atoms with Crippen LogP contribution in [-0.2, 0) is 24.1 Å². The lowest BCUT2D eigenvalue weighted by Crippen LogP contribution is -2.07. The molecule has 0 radical (unpaired) electrons. The number of esters is 1. The molecule has 0 fully saturated rings. The van der Waals surface area contributed by atoms with Crippen molar-refractivity contribution in [2.45, 2.75) is 0 Å². The largest absolute Gasteiger partial charge is 0.475 e. The first-order valence-corrected chi connectivity index (χ1v) is 3.48. The maximum atomic E-state index is 10.5. The first-order chi connectivity index (χ1) is 7.01. The van der Waals surface area contributed by atoms with Crippen LogP contribution in [-0.4, -0.2) is 22.2 Å². The predicted molar refractivity (Wildman–Crippen MR) is 45.9 cm³/mol. The lowest BCUT2D eigenvalue weighted by molar-refractivity contribution is -0.267. The Kier molecular flexibility index (Phi) is 5.09. The molecule has 0 aromatic rings. The van der Waals surface area contributed by atoms with E-state index in [1.807, 2.05) is 0 Å². The molecule has 15 heavy (non-hydrogen) atoms. The number of carbonyl (C=O) groups excluding carboxylic acids is 2. The molecule has 2 N–H and O–H groups in total. The molecule has 0 bridgehead atoms. The van der Waals surface area contributed by atoms with E-state index in [-0.39, 0.29) is 0 Å². The van der Waals surface area contributed by atoms with Crippen LogP contribution < -0.4 is 0 Å². The summed E-state index contributed by atoms with van der Waals surface area (Å²) in [6, 6.07) is 0. The molecule has 0 saturated heterocycles. The van der Waals surface area contributed by atoms with Gasteiger partial charge in [0.25, 0.3) is 0 Å². The van der Waals surface area contributed by atoms with Crippen LogP contribution in [0.2, 0.25) is 0 Å². The van der Waals surface area contributed by atoms with E-state index in [9.17, 15) is 9.59 Å². The van der Waals surface area contributed by atoms with Crippen LogP contribution in [0.15, 0.2) is 37.2 Å². The van der Waals surface area contributed by atoms with Crippen molar-refractivity contribution in [2.24, 2.45) is 0 Å². The minimum absolute atomic E-state index is 0.735. The molecule has 0 atom stereocenters. The quantitative estimate of drug-likeness (QED) is 0.228. The summed E-state index contributed by atoms with van der Waals surface area (Å²) in [7, 11) is 0. The average Bonchev–Trinajstić information content (AvgIpc) is 2.24. The van der Waals surface area contributed by atoms with Crippen molar-refractivity contribution in [3.8, 4) is 0 Å². The zero-order valence-electron chi connectivity index (χ0n) is 7.50. The van der Waals surface area contributed by atoms with Crippen molar-refractivity contribution in [3.63, 3.8) is 0 Å². The van der Waals surface area contributed by atoms with Gasteiger partial charge in [0.05, 0.1) is 0 Å². The Bertz CT molecular complexity index is 315. The van der Waals surface area contributed by atoms with Crippen LogP contribution in [0.3, 0.4) is 0 Å². The van der Waals surface area contributed by atoms with Crippen LogP contribution in [0, 0.1) is 0 Å². The van der Waals surface area contributed by atoms with Gasteiger partial charge >= 0.3 is 23.8 Å². The molecule has 0 unspecified atom stereocenters. The van der Waals surface area contributed by atoms with Crippen LogP contribution in [0.1, 0.15) is 0 Å². The third-order valence-corrected chi connectivity index (χ3v) is 0.916. The van der Waals surface area contributed by atoms with Crippen molar-refractivity contribution < 1.29 is 34.3 Å². The number of aliphatic hydroxyl groups excluding tert-OH is 2. The summed E-state index contributed by atoms with van der Waals surface area (Å²) in [5.41, 5.74) is 0. The lowest BCUT2D eigenvalue weighted by atomic mass is 10.7. The second-order valence-electron chi connectivity index (χ2n) is 1.93. The molecule has 0 aliphatic rings. The van der Waals surface area contributed by atoms with Crippen molar-refractivity contribution >= 4 is 11.9 Å². The molecular formula is C8H8O7. The fraction of sp³-hybridized carbons (Fsp3) is 0. The number of aliphatic hydroxyl groups is 2. The number of rotatable bonds is 5. The van der Waals surface area contributed by atoms with Gasteiger partial charge in [-0.25, -0.2) is 19.4 Å². The van der Waals surface area contributed by atoms with Gasteiger partial charge in [0.2, 0.25) is 0 Å². The molecule has 82 valence electrons. The molecule has 0 aromatic carbocycles. The Morgan fingerprint density at radius 3 is 1.93 bits per heavy atom. The standard InChI is InChI=1S/C8H8O7/c1-3-5(9)13-7(11)8(12)15-14-6(10)4-2/h3-4,11-12H,1-2H2/b8-7-. The molecule has 0 aromatic heterocycles. The van der Waals surface area contributed by atoms with Crippen LogP contribution in [0.25, 0.3) is 0 Å². The summed E-state index contributed by atoms with van der Waals surface area (Å²) in [5.74, 6) is -4.60. The number of hydrogen-bond acceptors (Lipinski definition) is 7. The van der Waals surface area contributed by atoms with E-state index in [2.05, 4.69) is 27.7 Å². The number of carbonyl (C=O) groups is 2. The van der Waals surface area contributed by atoms with Gasteiger partial charge in [0, 0.05) is 12.2 Å². The van der Waals surface area contributed by atoms with Crippen molar-refractivity contribution in [1.82, 2.24) is 0 Å². The maximum Gasteiger partial charge on any atom is 0.410 e. The summed E-state index contributed by atoms with van der Waals surface area (Å²) < 4.78 is 4.01. The van der Waals surface area contributed by atoms with Crippen LogP contribution >= 0.6 is 0 Å². The Balaban J connectivity index is 4.25. The molecule has 0 aliphatic heterocycles. The van der Waals surface area contributed by atoms with E-state index in [1.54, 1.807) is 0 Å². The third kappa shape index (κ3) is 4.98. The van der Waals surface area contributed by atoms with Crippen molar-refractivity contribution in [1.29, 1.82) is 0 Å². The third-order valence-electron chi connectivity index (χ3n) is 0.916. The second-order valence-corrected chi connectivity index (χ2v) is 1.93. The molecule has 7 heteroatoms. The van der Waals surface area contributed by atoms with E-state index in [4.69, 9.17) is 10.2 Å². The lowest BCUT2D eigenvalue weighted by Gasteiger charge is -2.02. The van der Waals surface area contributed by atoms with Gasteiger partial charge in [-0.15, -0.1) is 0 Å². The highest BCUT2D eigenvalue weighted by Gasteiger charge is 2.13. The predicted octanol–water partition coefficient (Wildman–Crippen LogP) is 0.619. The van der Waals surface area contributed by atoms with Crippen LogP contribution in [0.4, 0.5) is 0 Å². The van der Waals surface area contributed by atoms with Gasteiger partial charge in [-0.1, -0.05) is 13.2 Å².